The molecule has 0 aromatic carbocycles. The molecule has 0 aliphatic rings. The van der Waals surface area contributed by atoms with Gasteiger partial charge >= 0.3 is 5.97 Å². The Labute approximate surface area is 59.0 Å². The number of carbonyl (C=O) groups is 1. The highest BCUT2D eigenvalue weighted by Gasteiger charge is 2.10. The first-order valence-corrected chi connectivity index (χ1v) is 2.82. The van der Waals surface area contributed by atoms with Crippen LogP contribution in [0.4, 0.5) is 0 Å². The number of aliphatic carboxylic acids is 1. The molecule has 0 rings (SSSR count). The van der Waals surface area contributed by atoms with E-state index in [4.69, 9.17) is 15.1 Å². The Kier molecular flexibility index (Phi) is 4.25. The van der Waals surface area contributed by atoms with E-state index in [1.54, 1.807) is 0 Å². The minimum absolute atomic E-state index is 0.107. The van der Waals surface area contributed by atoms with Crippen molar-refractivity contribution in [1.29, 1.82) is 5.26 Å². The second-order valence-corrected chi connectivity index (χ2v) is 1.82. The van der Waals surface area contributed by atoms with Crippen molar-refractivity contribution >= 4 is 5.97 Å². The summed E-state index contributed by atoms with van der Waals surface area (Å²) in [4.78, 5) is 10.1. The quantitative estimate of drug-likeness (QED) is 0.618. The minimum Gasteiger partial charge on any atom is -0.481 e. The van der Waals surface area contributed by atoms with Crippen molar-refractivity contribution in [3.63, 3.8) is 0 Å². The number of hydrogen-bond donors (Lipinski definition) is 1. The van der Waals surface area contributed by atoms with Gasteiger partial charge in [-0.15, -0.1) is 0 Å². The van der Waals surface area contributed by atoms with Crippen LogP contribution in [0, 0.1) is 11.3 Å². The summed E-state index contributed by atoms with van der Waals surface area (Å²) in [5, 5.41) is 16.4. The summed E-state index contributed by atoms with van der Waals surface area (Å²) in [6.07, 6.45) is -0.449. The van der Waals surface area contributed by atoms with E-state index in [-0.39, 0.29) is 12.8 Å². The molecule has 0 amide bonds. The number of methoxy groups -OCH3 is 1. The lowest BCUT2D eigenvalue weighted by atomic mass is 10.2. The maximum absolute atomic E-state index is 10.1. The average Bonchev–Trinajstić information content (AvgIpc) is 1.86. The Morgan fingerprint density at radius 2 is 2.50 bits per heavy atom. The van der Waals surface area contributed by atoms with Gasteiger partial charge in [0.2, 0.25) is 0 Å². The van der Waals surface area contributed by atoms with Gasteiger partial charge in [-0.2, -0.15) is 5.26 Å². The SMILES string of the molecule is COC(CC#N)CC(=O)O. The third-order valence-electron chi connectivity index (χ3n) is 1.05. The first-order valence-electron chi connectivity index (χ1n) is 2.82. The first-order chi connectivity index (χ1) is 4.70. The smallest absolute Gasteiger partial charge is 0.306 e. The maximum Gasteiger partial charge on any atom is 0.306 e. The molecule has 1 N–H and O–H groups in total. The molecular weight excluding hydrogens is 134 g/mol. The van der Waals surface area contributed by atoms with Crippen LogP contribution in [0.25, 0.3) is 0 Å². The van der Waals surface area contributed by atoms with Crippen molar-refractivity contribution in [2.24, 2.45) is 0 Å². The Bertz CT molecular complexity index is 150. The summed E-state index contributed by atoms with van der Waals surface area (Å²) in [7, 11) is 1.39. The van der Waals surface area contributed by atoms with E-state index in [2.05, 4.69) is 0 Å². The highest BCUT2D eigenvalue weighted by Crippen LogP contribution is 2.00. The number of hydrogen-bond acceptors (Lipinski definition) is 3. The lowest BCUT2D eigenvalue weighted by Crippen LogP contribution is -2.14. The molecule has 10 heavy (non-hydrogen) atoms. The van der Waals surface area contributed by atoms with Gasteiger partial charge < -0.3 is 9.84 Å². The molecule has 0 aromatic rings. The number of rotatable bonds is 4. The topological polar surface area (TPSA) is 70.3 Å². The fourth-order valence-corrected chi connectivity index (χ4v) is 0.535. The summed E-state index contributed by atoms with van der Waals surface area (Å²) in [5.41, 5.74) is 0. The van der Waals surface area contributed by atoms with Crippen molar-refractivity contribution in [3.8, 4) is 6.07 Å². The van der Waals surface area contributed by atoms with Crippen LogP contribution in [0.2, 0.25) is 0 Å². The normalized spacial score (nSPS) is 12.0. The Balaban J connectivity index is 3.62. The number of nitrogens with zero attached hydrogens (tertiary/aromatic N) is 1. The van der Waals surface area contributed by atoms with E-state index in [1.807, 2.05) is 6.07 Å². The standard InChI is InChI=1S/C6H9NO3/c1-10-5(2-3-7)4-6(8)9/h5H,2,4H2,1H3,(H,8,9). The molecule has 0 radical (unpaired) electrons. The predicted octanol–water partition coefficient (Wildman–Crippen LogP) is 0.390. The van der Waals surface area contributed by atoms with E-state index in [9.17, 15) is 4.79 Å². The molecule has 0 aliphatic heterocycles. The Hall–Kier alpha value is -1.08. The molecule has 0 fully saturated rings. The van der Waals surface area contributed by atoms with Crippen molar-refractivity contribution in [2.45, 2.75) is 18.9 Å². The van der Waals surface area contributed by atoms with E-state index >= 15 is 0 Å². The van der Waals surface area contributed by atoms with Crippen LogP contribution in [0.3, 0.4) is 0 Å². The molecule has 1 unspecified atom stereocenters. The molecule has 4 nitrogen and oxygen atoms in total. The fraction of sp³-hybridized carbons (Fsp3) is 0.667. The fourth-order valence-electron chi connectivity index (χ4n) is 0.535. The molecule has 56 valence electrons. The van der Waals surface area contributed by atoms with E-state index < -0.39 is 12.1 Å². The van der Waals surface area contributed by atoms with Crippen LogP contribution in [0.15, 0.2) is 0 Å². The highest BCUT2D eigenvalue weighted by atomic mass is 16.5. The maximum atomic E-state index is 10.1. The highest BCUT2D eigenvalue weighted by molar-refractivity contribution is 5.67. The van der Waals surface area contributed by atoms with Gasteiger partial charge in [-0.25, -0.2) is 0 Å². The zero-order chi connectivity index (χ0) is 7.98. The lowest BCUT2D eigenvalue weighted by Gasteiger charge is -2.06. The molecule has 0 spiro atoms. The number of carboxylic acid groups (broad SMARTS) is 1. The van der Waals surface area contributed by atoms with Crippen LogP contribution in [-0.2, 0) is 9.53 Å². The molecule has 0 aliphatic carbocycles. The largest absolute Gasteiger partial charge is 0.481 e. The van der Waals surface area contributed by atoms with Crippen molar-refractivity contribution in [3.05, 3.63) is 0 Å². The van der Waals surface area contributed by atoms with E-state index in [1.165, 1.54) is 7.11 Å². The first kappa shape index (κ1) is 8.92. The van der Waals surface area contributed by atoms with Gasteiger partial charge in [-0.3, -0.25) is 4.79 Å². The van der Waals surface area contributed by atoms with Crippen molar-refractivity contribution in [1.82, 2.24) is 0 Å². The van der Waals surface area contributed by atoms with Gasteiger partial charge in [-0.05, 0) is 0 Å². The third kappa shape index (κ3) is 3.87. The molecule has 4 heteroatoms. The van der Waals surface area contributed by atoms with Crippen LogP contribution in [0.5, 0.6) is 0 Å². The number of nitriles is 1. The van der Waals surface area contributed by atoms with Gasteiger partial charge in [0.05, 0.1) is 25.0 Å². The second-order valence-electron chi connectivity index (χ2n) is 1.82. The van der Waals surface area contributed by atoms with Crippen molar-refractivity contribution < 1.29 is 14.6 Å². The summed E-state index contributed by atoms with van der Waals surface area (Å²) in [5.74, 6) is -0.942. The van der Waals surface area contributed by atoms with E-state index in [0.29, 0.717) is 0 Å². The molecule has 0 bridgehead atoms. The lowest BCUT2D eigenvalue weighted by molar-refractivity contribution is -0.139. The summed E-state index contributed by atoms with van der Waals surface area (Å²) in [6.45, 7) is 0. The zero-order valence-corrected chi connectivity index (χ0v) is 5.70. The van der Waals surface area contributed by atoms with Gasteiger partial charge in [-0.1, -0.05) is 0 Å². The summed E-state index contributed by atoms with van der Waals surface area (Å²) >= 11 is 0. The monoisotopic (exact) mass is 143 g/mol. The van der Waals surface area contributed by atoms with Gasteiger partial charge in [0.15, 0.2) is 0 Å². The van der Waals surface area contributed by atoms with Crippen molar-refractivity contribution in [2.75, 3.05) is 7.11 Å². The number of carboxylic acids is 1. The van der Waals surface area contributed by atoms with Gasteiger partial charge in [0.25, 0.3) is 0 Å². The van der Waals surface area contributed by atoms with E-state index in [0.717, 1.165) is 0 Å². The molecular formula is C6H9NO3. The molecule has 0 aromatic heterocycles. The number of ether oxygens (including phenoxy) is 1. The molecule has 1 atom stereocenters. The predicted molar refractivity (Wildman–Crippen MR) is 33.3 cm³/mol. The summed E-state index contributed by atoms with van der Waals surface area (Å²) < 4.78 is 4.70. The Morgan fingerprint density at radius 3 is 2.80 bits per heavy atom. The third-order valence-corrected chi connectivity index (χ3v) is 1.05. The van der Waals surface area contributed by atoms with Crippen LogP contribution < -0.4 is 0 Å². The van der Waals surface area contributed by atoms with Crippen LogP contribution >= 0.6 is 0 Å². The molecule has 0 heterocycles. The zero-order valence-electron chi connectivity index (χ0n) is 5.70. The minimum atomic E-state index is -0.942. The second kappa shape index (κ2) is 4.77. The van der Waals surface area contributed by atoms with Crippen LogP contribution in [-0.4, -0.2) is 24.3 Å². The Morgan fingerprint density at radius 1 is 1.90 bits per heavy atom. The van der Waals surface area contributed by atoms with Gasteiger partial charge in [0, 0.05) is 7.11 Å². The average molecular weight is 143 g/mol. The van der Waals surface area contributed by atoms with Crippen LogP contribution in [0.1, 0.15) is 12.8 Å². The molecule has 0 saturated carbocycles. The molecule has 0 saturated heterocycles. The van der Waals surface area contributed by atoms with Gasteiger partial charge in [0.1, 0.15) is 0 Å². The summed E-state index contributed by atoms with van der Waals surface area (Å²) in [6, 6.07) is 1.84.